The zero-order valence-corrected chi connectivity index (χ0v) is 12.8. The zero-order valence-electron chi connectivity index (χ0n) is 12.8. The lowest BCUT2D eigenvalue weighted by Crippen LogP contribution is -2.28. The van der Waals surface area contributed by atoms with Gasteiger partial charge in [-0.05, 0) is 36.7 Å². The molecule has 1 rings (SSSR count). The molecule has 18 heavy (non-hydrogen) atoms. The Hall–Kier alpha value is -0.590. The van der Waals surface area contributed by atoms with Gasteiger partial charge < -0.3 is 0 Å². The lowest BCUT2D eigenvalue weighted by Gasteiger charge is -2.35. The first-order chi connectivity index (χ1) is 8.56. The van der Waals surface area contributed by atoms with Crippen molar-refractivity contribution in [1.82, 2.24) is 0 Å². The van der Waals surface area contributed by atoms with E-state index in [9.17, 15) is 4.79 Å². The van der Waals surface area contributed by atoms with E-state index < -0.39 is 0 Å². The SMILES string of the molecule is CCCCCC1(C)CC(=O)C(CC)=C(CCC)C1. The maximum atomic E-state index is 12.3. The molecular weight excluding hydrogens is 220 g/mol. The standard InChI is InChI=1S/C17H30O/c1-5-8-9-11-17(4)12-14(10-6-2)15(7-3)16(18)13-17/h5-13H2,1-4H3. The molecule has 0 saturated carbocycles. The van der Waals surface area contributed by atoms with Gasteiger partial charge in [-0.1, -0.05) is 59.0 Å². The summed E-state index contributed by atoms with van der Waals surface area (Å²) in [5, 5.41) is 0. The molecule has 1 unspecified atom stereocenters. The quantitative estimate of drug-likeness (QED) is 0.550. The van der Waals surface area contributed by atoms with Crippen LogP contribution in [0.2, 0.25) is 0 Å². The van der Waals surface area contributed by atoms with Crippen molar-refractivity contribution in [2.75, 3.05) is 0 Å². The molecule has 0 heterocycles. The second-order valence-corrected chi connectivity index (χ2v) is 6.23. The topological polar surface area (TPSA) is 17.1 Å². The van der Waals surface area contributed by atoms with Crippen LogP contribution in [-0.4, -0.2) is 5.78 Å². The van der Waals surface area contributed by atoms with Crippen molar-refractivity contribution in [2.24, 2.45) is 5.41 Å². The molecule has 104 valence electrons. The minimum absolute atomic E-state index is 0.245. The van der Waals surface area contributed by atoms with Crippen molar-refractivity contribution in [3.05, 3.63) is 11.1 Å². The van der Waals surface area contributed by atoms with Crippen LogP contribution in [0.1, 0.15) is 85.5 Å². The molecule has 1 heteroatoms. The number of rotatable bonds is 7. The molecule has 0 radical (unpaired) electrons. The summed E-state index contributed by atoms with van der Waals surface area (Å²) in [4.78, 5) is 12.3. The van der Waals surface area contributed by atoms with Crippen LogP contribution in [0.25, 0.3) is 0 Å². The van der Waals surface area contributed by atoms with Crippen LogP contribution in [0.4, 0.5) is 0 Å². The molecule has 0 spiro atoms. The van der Waals surface area contributed by atoms with E-state index in [1.165, 1.54) is 37.7 Å². The molecule has 1 aliphatic rings. The molecule has 1 nitrogen and oxygen atoms in total. The average molecular weight is 250 g/mol. The Morgan fingerprint density at radius 1 is 1.06 bits per heavy atom. The Kier molecular flexibility index (Phi) is 6.11. The van der Waals surface area contributed by atoms with Gasteiger partial charge in [0.05, 0.1) is 0 Å². The van der Waals surface area contributed by atoms with Crippen molar-refractivity contribution in [3.63, 3.8) is 0 Å². The highest BCUT2D eigenvalue weighted by Crippen LogP contribution is 2.43. The molecule has 0 aromatic heterocycles. The van der Waals surface area contributed by atoms with Crippen LogP contribution in [-0.2, 0) is 4.79 Å². The normalized spacial score (nSPS) is 24.8. The summed E-state index contributed by atoms with van der Waals surface area (Å²) in [6.07, 6.45) is 10.2. The third-order valence-corrected chi connectivity index (χ3v) is 4.28. The smallest absolute Gasteiger partial charge is 0.159 e. The number of Topliss-reactive ketones (excluding diaryl/α,β-unsaturated/α-hetero) is 1. The molecule has 0 bridgehead atoms. The van der Waals surface area contributed by atoms with Gasteiger partial charge in [-0.15, -0.1) is 0 Å². The summed E-state index contributed by atoms with van der Waals surface area (Å²) in [6.45, 7) is 8.91. The van der Waals surface area contributed by atoms with Gasteiger partial charge in [-0.2, -0.15) is 0 Å². The Morgan fingerprint density at radius 2 is 1.78 bits per heavy atom. The highest BCUT2D eigenvalue weighted by molar-refractivity contribution is 5.97. The minimum atomic E-state index is 0.245. The highest BCUT2D eigenvalue weighted by Gasteiger charge is 2.34. The number of allylic oxidation sites excluding steroid dienone is 2. The number of ketones is 1. The predicted octanol–water partition coefficient (Wildman–Crippen LogP) is 5.44. The van der Waals surface area contributed by atoms with E-state index in [1.54, 1.807) is 0 Å². The molecule has 0 N–H and O–H groups in total. The Labute approximate surface area is 113 Å². The maximum absolute atomic E-state index is 12.3. The lowest BCUT2D eigenvalue weighted by atomic mass is 9.68. The molecule has 0 fully saturated rings. The van der Waals surface area contributed by atoms with Crippen molar-refractivity contribution in [3.8, 4) is 0 Å². The monoisotopic (exact) mass is 250 g/mol. The number of unbranched alkanes of at least 4 members (excludes halogenated alkanes) is 2. The van der Waals surface area contributed by atoms with Gasteiger partial charge in [0.15, 0.2) is 5.78 Å². The largest absolute Gasteiger partial charge is 0.295 e. The van der Waals surface area contributed by atoms with E-state index in [0.717, 1.165) is 31.3 Å². The number of hydrogen-bond donors (Lipinski definition) is 0. The number of hydrogen-bond acceptors (Lipinski definition) is 1. The Balaban J connectivity index is 2.77. The predicted molar refractivity (Wildman–Crippen MR) is 78.7 cm³/mol. The first-order valence-electron chi connectivity index (χ1n) is 7.80. The van der Waals surface area contributed by atoms with E-state index in [0.29, 0.717) is 5.78 Å². The van der Waals surface area contributed by atoms with Gasteiger partial charge in [-0.3, -0.25) is 4.79 Å². The summed E-state index contributed by atoms with van der Waals surface area (Å²) < 4.78 is 0. The van der Waals surface area contributed by atoms with Crippen LogP contribution < -0.4 is 0 Å². The second kappa shape index (κ2) is 7.11. The zero-order chi connectivity index (χ0) is 13.6. The lowest BCUT2D eigenvalue weighted by molar-refractivity contribution is -0.118. The van der Waals surface area contributed by atoms with Gasteiger partial charge in [0, 0.05) is 6.42 Å². The molecule has 0 aromatic rings. The van der Waals surface area contributed by atoms with Gasteiger partial charge in [0.25, 0.3) is 0 Å². The highest BCUT2D eigenvalue weighted by atomic mass is 16.1. The van der Waals surface area contributed by atoms with Gasteiger partial charge in [-0.25, -0.2) is 0 Å². The summed E-state index contributed by atoms with van der Waals surface area (Å²) in [5.74, 6) is 0.436. The summed E-state index contributed by atoms with van der Waals surface area (Å²) in [6, 6.07) is 0. The van der Waals surface area contributed by atoms with Crippen molar-refractivity contribution >= 4 is 5.78 Å². The second-order valence-electron chi connectivity index (χ2n) is 6.23. The maximum Gasteiger partial charge on any atom is 0.159 e. The number of carbonyl (C=O) groups is 1. The minimum Gasteiger partial charge on any atom is -0.295 e. The summed E-state index contributed by atoms with van der Waals surface area (Å²) in [5.41, 5.74) is 2.87. The van der Waals surface area contributed by atoms with E-state index in [4.69, 9.17) is 0 Å². The van der Waals surface area contributed by atoms with Gasteiger partial charge in [0.2, 0.25) is 0 Å². The molecule has 0 amide bonds. The third-order valence-electron chi connectivity index (χ3n) is 4.28. The van der Waals surface area contributed by atoms with Crippen LogP contribution in [0.3, 0.4) is 0 Å². The number of carbonyl (C=O) groups excluding carboxylic acids is 1. The Bertz CT molecular complexity index is 314. The fraction of sp³-hybridized carbons (Fsp3) is 0.824. The van der Waals surface area contributed by atoms with Crippen molar-refractivity contribution < 1.29 is 4.79 Å². The fourth-order valence-electron chi connectivity index (χ4n) is 3.34. The van der Waals surface area contributed by atoms with Gasteiger partial charge in [0.1, 0.15) is 0 Å². The third kappa shape index (κ3) is 3.96. The van der Waals surface area contributed by atoms with Crippen LogP contribution in [0, 0.1) is 5.41 Å². The molecule has 0 saturated heterocycles. The molecule has 0 aliphatic heterocycles. The first kappa shape index (κ1) is 15.5. The molecule has 1 aliphatic carbocycles. The summed E-state index contributed by atoms with van der Waals surface area (Å²) >= 11 is 0. The molecule has 0 aromatic carbocycles. The van der Waals surface area contributed by atoms with Crippen LogP contribution >= 0.6 is 0 Å². The van der Waals surface area contributed by atoms with Crippen molar-refractivity contribution in [2.45, 2.75) is 85.5 Å². The van der Waals surface area contributed by atoms with Crippen molar-refractivity contribution in [1.29, 1.82) is 0 Å². The van der Waals surface area contributed by atoms with E-state index in [1.807, 2.05) is 0 Å². The molecular formula is C17H30O. The van der Waals surface area contributed by atoms with Crippen LogP contribution in [0.5, 0.6) is 0 Å². The summed E-state index contributed by atoms with van der Waals surface area (Å²) in [7, 11) is 0. The Morgan fingerprint density at radius 3 is 2.33 bits per heavy atom. The van der Waals surface area contributed by atoms with Crippen LogP contribution in [0.15, 0.2) is 11.1 Å². The van der Waals surface area contributed by atoms with Gasteiger partial charge >= 0.3 is 0 Å². The molecule has 1 atom stereocenters. The fourth-order valence-corrected chi connectivity index (χ4v) is 3.34. The first-order valence-corrected chi connectivity index (χ1v) is 7.80. The van der Waals surface area contributed by atoms with E-state index >= 15 is 0 Å². The van der Waals surface area contributed by atoms with E-state index in [-0.39, 0.29) is 5.41 Å². The van der Waals surface area contributed by atoms with E-state index in [2.05, 4.69) is 27.7 Å². The average Bonchev–Trinajstić information content (AvgIpc) is 2.29.